The van der Waals surface area contributed by atoms with Crippen molar-refractivity contribution < 1.29 is 4.79 Å². The third-order valence-corrected chi connectivity index (χ3v) is 4.72. The number of hydrogen-bond acceptors (Lipinski definition) is 2. The van der Waals surface area contributed by atoms with Gasteiger partial charge in [0.1, 0.15) is 0 Å². The number of rotatable bonds is 1. The number of nitrogens with two attached hydrogens (primary N) is 1. The van der Waals surface area contributed by atoms with Crippen LogP contribution in [0.4, 0.5) is 5.69 Å². The van der Waals surface area contributed by atoms with Crippen molar-refractivity contribution in [3.05, 3.63) is 62.6 Å². The van der Waals surface area contributed by atoms with Crippen molar-refractivity contribution >= 4 is 39.1 Å². The molecule has 1 amide bonds. The van der Waals surface area contributed by atoms with Crippen LogP contribution in [-0.4, -0.2) is 10.8 Å². The molecular formula is C15H12BrClN2O. The molecule has 0 radical (unpaired) electrons. The maximum atomic E-state index is 12.6. The van der Waals surface area contributed by atoms with Gasteiger partial charge in [0, 0.05) is 23.2 Å². The number of anilines is 1. The molecule has 0 spiro atoms. The summed E-state index contributed by atoms with van der Waals surface area (Å²) in [5.74, 6) is -0.0638. The fraction of sp³-hybridized carbons (Fsp3) is 0.133. The zero-order valence-corrected chi connectivity index (χ0v) is 12.9. The van der Waals surface area contributed by atoms with E-state index in [1.807, 2.05) is 30.3 Å². The molecule has 5 heteroatoms. The lowest BCUT2D eigenvalue weighted by Crippen LogP contribution is -2.25. The van der Waals surface area contributed by atoms with Gasteiger partial charge in [-0.1, -0.05) is 23.7 Å². The molecule has 1 aliphatic heterocycles. The van der Waals surface area contributed by atoms with Crippen LogP contribution < -0.4 is 5.73 Å². The molecule has 1 heterocycles. The van der Waals surface area contributed by atoms with Gasteiger partial charge < -0.3 is 10.6 Å². The Morgan fingerprint density at radius 1 is 1.20 bits per heavy atom. The number of halogens is 2. The fourth-order valence-electron chi connectivity index (χ4n) is 2.40. The van der Waals surface area contributed by atoms with Gasteiger partial charge in [-0.3, -0.25) is 4.79 Å². The van der Waals surface area contributed by atoms with Crippen LogP contribution in [-0.2, 0) is 13.1 Å². The van der Waals surface area contributed by atoms with Gasteiger partial charge in [0.15, 0.2) is 0 Å². The van der Waals surface area contributed by atoms with Crippen LogP contribution in [0.25, 0.3) is 0 Å². The van der Waals surface area contributed by atoms with Crippen LogP contribution in [0.1, 0.15) is 21.5 Å². The Bertz CT molecular complexity index is 702. The number of amides is 1. The second-order valence-corrected chi connectivity index (χ2v) is 6.02. The Hall–Kier alpha value is -1.52. The van der Waals surface area contributed by atoms with E-state index in [2.05, 4.69) is 15.9 Å². The third kappa shape index (κ3) is 2.30. The quantitative estimate of drug-likeness (QED) is 0.793. The van der Waals surface area contributed by atoms with Crippen molar-refractivity contribution in [3.8, 4) is 0 Å². The van der Waals surface area contributed by atoms with Gasteiger partial charge in [0.25, 0.3) is 5.91 Å². The van der Waals surface area contributed by atoms with E-state index in [0.29, 0.717) is 23.7 Å². The summed E-state index contributed by atoms with van der Waals surface area (Å²) in [6.45, 7) is 1.17. The second kappa shape index (κ2) is 5.11. The Morgan fingerprint density at radius 3 is 2.75 bits per heavy atom. The average molecular weight is 352 g/mol. The molecule has 2 aromatic rings. The summed E-state index contributed by atoms with van der Waals surface area (Å²) in [5.41, 5.74) is 9.25. The highest BCUT2D eigenvalue weighted by Crippen LogP contribution is 2.30. The standard InChI is InChI=1S/C15H12BrClN2O/c16-13-3-1-2-12(14(13)17)15(20)19-7-9-4-5-11(18)6-10(9)8-19/h1-6H,7-8,18H2. The molecule has 1 aliphatic rings. The average Bonchev–Trinajstić information content (AvgIpc) is 2.84. The number of carbonyl (C=O) groups is 1. The van der Waals surface area contributed by atoms with Crippen LogP contribution in [0.2, 0.25) is 5.02 Å². The number of nitrogen functional groups attached to an aromatic ring is 1. The van der Waals surface area contributed by atoms with Gasteiger partial charge >= 0.3 is 0 Å². The van der Waals surface area contributed by atoms with Gasteiger partial charge in [0.05, 0.1) is 10.6 Å². The molecule has 0 unspecified atom stereocenters. The van der Waals surface area contributed by atoms with Crippen molar-refractivity contribution in [1.29, 1.82) is 0 Å². The Labute approximate surface area is 130 Å². The third-order valence-electron chi connectivity index (χ3n) is 3.42. The van der Waals surface area contributed by atoms with Gasteiger partial charge in [-0.25, -0.2) is 0 Å². The van der Waals surface area contributed by atoms with E-state index in [9.17, 15) is 4.79 Å². The van der Waals surface area contributed by atoms with Crippen LogP contribution in [0.15, 0.2) is 40.9 Å². The topological polar surface area (TPSA) is 46.3 Å². The van der Waals surface area contributed by atoms with Crippen LogP contribution in [0, 0.1) is 0 Å². The van der Waals surface area contributed by atoms with Gasteiger partial charge in [-0.15, -0.1) is 0 Å². The summed E-state index contributed by atoms with van der Waals surface area (Å²) < 4.78 is 0.728. The summed E-state index contributed by atoms with van der Waals surface area (Å²) in [6, 6.07) is 11.1. The molecule has 3 rings (SSSR count). The first-order chi connectivity index (χ1) is 9.56. The molecule has 0 aliphatic carbocycles. The van der Waals surface area contributed by atoms with E-state index in [1.54, 1.807) is 11.0 Å². The van der Waals surface area contributed by atoms with Crippen LogP contribution in [0.5, 0.6) is 0 Å². The summed E-state index contributed by atoms with van der Waals surface area (Å²) in [5, 5.41) is 0.452. The zero-order chi connectivity index (χ0) is 14.3. The smallest absolute Gasteiger partial charge is 0.256 e. The molecule has 0 fully saturated rings. The molecular weight excluding hydrogens is 340 g/mol. The lowest BCUT2D eigenvalue weighted by molar-refractivity contribution is 0.0751. The number of benzene rings is 2. The van der Waals surface area contributed by atoms with Crippen LogP contribution >= 0.6 is 27.5 Å². The molecule has 102 valence electrons. The minimum absolute atomic E-state index is 0.0638. The maximum Gasteiger partial charge on any atom is 0.256 e. The molecule has 0 atom stereocenters. The van der Waals surface area contributed by atoms with E-state index < -0.39 is 0 Å². The van der Waals surface area contributed by atoms with E-state index in [1.165, 1.54) is 0 Å². The summed E-state index contributed by atoms with van der Waals surface area (Å²) >= 11 is 9.53. The number of hydrogen-bond donors (Lipinski definition) is 1. The first kappa shape index (κ1) is 13.5. The normalized spacial score (nSPS) is 13.4. The van der Waals surface area contributed by atoms with Gasteiger partial charge in [0.2, 0.25) is 0 Å². The number of carbonyl (C=O) groups excluding carboxylic acids is 1. The SMILES string of the molecule is Nc1ccc2c(c1)CN(C(=O)c1cccc(Br)c1Cl)C2. The van der Waals surface area contributed by atoms with E-state index in [0.717, 1.165) is 21.3 Å². The first-order valence-corrected chi connectivity index (χ1v) is 7.34. The van der Waals surface area contributed by atoms with E-state index >= 15 is 0 Å². The fourth-order valence-corrected chi connectivity index (χ4v) is 2.97. The predicted octanol–water partition coefficient (Wildman–Crippen LogP) is 3.84. The number of nitrogens with zero attached hydrogens (tertiary/aromatic N) is 1. The maximum absolute atomic E-state index is 12.6. The largest absolute Gasteiger partial charge is 0.399 e. The van der Waals surface area contributed by atoms with E-state index in [4.69, 9.17) is 17.3 Å². The Morgan fingerprint density at radius 2 is 1.95 bits per heavy atom. The molecule has 2 aromatic carbocycles. The molecule has 2 N–H and O–H groups in total. The monoisotopic (exact) mass is 350 g/mol. The molecule has 3 nitrogen and oxygen atoms in total. The number of fused-ring (bicyclic) bond motifs is 1. The van der Waals surface area contributed by atoms with Gasteiger partial charge in [-0.2, -0.15) is 0 Å². The lowest BCUT2D eigenvalue weighted by atomic mass is 10.1. The summed E-state index contributed by atoms with van der Waals surface area (Å²) in [4.78, 5) is 14.3. The van der Waals surface area contributed by atoms with Crippen molar-refractivity contribution in [2.75, 3.05) is 5.73 Å². The second-order valence-electron chi connectivity index (χ2n) is 4.79. The van der Waals surface area contributed by atoms with Crippen molar-refractivity contribution in [3.63, 3.8) is 0 Å². The first-order valence-electron chi connectivity index (χ1n) is 6.17. The van der Waals surface area contributed by atoms with Crippen molar-refractivity contribution in [2.45, 2.75) is 13.1 Å². The highest BCUT2D eigenvalue weighted by Gasteiger charge is 2.26. The highest BCUT2D eigenvalue weighted by atomic mass is 79.9. The molecule has 0 saturated heterocycles. The molecule has 20 heavy (non-hydrogen) atoms. The molecule has 0 saturated carbocycles. The van der Waals surface area contributed by atoms with E-state index in [-0.39, 0.29) is 5.91 Å². The zero-order valence-electron chi connectivity index (χ0n) is 10.6. The van der Waals surface area contributed by atoms with Crippen LogP contribution in [0.3, 0.4) is 0 Å². The Kier molecular flexibility index (Phi) is 3.44. The minimum Gasteiger partial charge on any atom is -0.399 e. The lowest BCUT2D eigenvalue weighted by Gasteiger charge is -2.16. The highest BCUT2D eigenvalue weighted by molar-refractivity contribution is 9.10. The summed E-state index contributed by atoms with van der Waals surface area (Å²) in [6.07, 6.45) is 0. The Balaban J connectivity index is 1.89. The summed E-state index contributed by atoms with van der Waals surface area (Å²) in [7, 11) is 0. The predicted molar refractivity (Wildman–Crippen MR) is 83.6 cm³/mol. The van der Waals surface area contributed by atoms with Crippen molar-refractivity contribution in [2.24, 2.45) is 0 Å². The molecule has 0 aromatic heterocycles. The van der Waals surface area contributed by atoms with Gasteiger partial charge in [-0.05, 0) is 51.3 Å². The minimum atomic E-state index is -0.0638. The molecule has 0 bridgehead atoms. The van der Waals surface area contributed by atoms with Crippen molar-refractivity contribution in [1.82, 2.24) is 4.90 Å².